The van der Waals surface area contributed by atoms with E-state index in [1.54, 1.807) is 29.2 Å². The number of para-hydroxylation sites is 2. The third kappa shape index (κ3) is 2.89. The number of fused-ring (bicyclic) bond motifs is 4. The number of amides is 2. The molecule has 3 aliphatic rings. The van der Waals surface area contributed by atoms with Crippen molar-refractivity contribution in [2.45, 2.75) is 50.9 Å². The molecule has 1 aliphatic carbocycles. The number of aryl methyl sites for hydroxylation is 1. The number of rotatable bonds is 4. The number of hydrogen-bond acceptors (Lipinski definition) is 5. The first-order chi connectivity index (χ1) is 16.4. The highest BCUT2D eigenvalue weighted by Gasteiger charge is 2.64. The van der Waals surface area contributed by atoms with E-state index in [4.69, 9.17) is 16.3 Å². The quantitative estimate of drug-likeness (QED) is 0.523. The van der Waals surface area contributed by atoms with Gasteiger partial charge in [0.2, 0.25) is 11.6 Å². The van der Waals surface area contributed by atoms with Crippen LogP contribution in [0.2, 0.25) is 5.02 Å². The maximum absolute atomic E-state index is 13.8. The summed E-state index contributed by atoms with van der Waals surface area (Å²) in [6.07, 6.45) is 1.94. The molecule has 6 rings (SSSR count). The molecule has 1 atom stereocenters. The maximum atomic E-state index is 13.8. The molecule has 0 radical (unpaired) electrons. The number of aromatic nitrogens is 1. The molecule has 34 heavy (non-hydrogen) atoms. The van der Waals surface area contributed by atoms with Crippen molar-refractivity contribution < 1.29 is 19.1 Å². The SMILES string of the molecule is Cc1c(Cl)c(COC(=O)C23CCC(=O)N2c2ccccc2C(=O)N3C2CC2)nc2ccccc12. The zero-order valence-corrected chi connectivity index (χ0v) is 19.3. The second-order valence-electron chi connectivity index (χ2n) is 9.06. The van der Waals surface area contributed by atoms with Crippen molar-refractivity contribution in [2.24, 2.45) is 0 Å². The normalized spacial score (nSPS) is 21.6. The summed E-state index contributed by atoms with van der Waals surface area (Å²) in [5, 5.41) is 1.37. The van der Waals surface area contributed by atoms with E-state index < -0.39 is 11.6 Å². The minimum atomic E-state index is -1.48. The van der Waals surface area contributed by atoms with Crippen molar-refractivity contribution in [3.8, 4) is 0 Å². The van der Waals surface area contributed by atoms with Gasteiger partial charge in [-0.3, -0.25) is 14.5 Å². The van der Waals surface area contributed by atoms with Crippen LogP contribution < -0.4 is 4.90 Å². The molecule has 1 saturated heterocycles. The molecule has 2 aromatic carbocycles. The van der Waals surface area contributed by atoms with Crippen LogP contribution in [0.3, 0.4) is 0 Å². The van der Waals surface area contributed by atoms with Crippen molar-refractivity contribution in [3.63, 3.8) is 0 Å². The average molecular weight is 476 g/mol. The number of pyridine rings is 1. The van der Waals surface area contributed by atoms with E-state index in [2.05, 4.69) is 4.98 Å². The third-order valence-electron chi connectivity index (χ3n) is 7.02. The molecule has 1 aromatic heterocycles. The number of halogens is 1. The maximum Gasteiger partial charge on any atom is 0.354 e. The lowest BCUT2D eigenvalue weighted by atomic mass is 9.96. The summed E-state index contributed by atoms with van der Waals surface area (Å²) in [6.45, 7) is 1.75. The molecule has 2 amide bonds. The topological polar surface area (TPSA) is 79.8 Å². The van der Waals surface area contributed by atoms with Crippen LogP contribution in [0.4, 0.5) is 5.69 Å². The van der Waals surface area contributed by atoms with Crippen LogP contribution >= 0.6 is 11.6 Å². The van der Waals surface area contributed by atoms with Gasteiger partial charge in [-0.2, -0.15) is 0 Å². The van der Waals surface area contributed by atoms with Gasteiger partial charge < -0.3 is 9.64 Å². The van der Waals surface area contributed by atoms with Gasteiger partial charge in [0.05, 0.1) is 27.5 Å². The van der Waals surface area contributed by atoms with Gasteiger partial charge >= 0.3 is 5.97 Å². The molecular formula is C26H22ClN3O4. The van der Waals surface area contributed by atoms with Gasteiger partial charge in [0.15, 0.2) is 0 Å². The lowest BCUT2D eigenvalue weighted by Gasteiger charge is -2.48. The predicted octanol–water partition coefficient (Wildman–Crippen LogP) is 4.38. The van der Waals surface area contributed by atoms with E-state index >= 15 is 0 Å². The molecule has 8 heteroatoms. The summed E-state index contributed by atoms with van der Waals surface area (Å²) >= 11 is 6.57. The monoisotopic (exact) mass is 475 g/mol. The van der Waals surface area contributed by atoms with Crippen molar-refractivity contribution in [1.82, 2.24) is 9.88 Å². The number of carbonyl (C=O) groups excluding carboxylic acids is 3. The number of esters is 1. The molecular weight excluding hydrogens is 454 g/mol. The number of carbonyl (C=O) groups is 3. The van der Waals surface area contributed by atoms with E-state index in [9.17, 15) is 14.4 Å². The van der Waals surface area contributed by atoms with Crippen molar-refractivity contribution >= 4 is 46.0 Å². The van der Waals surface area contributed by atoms with Gasteiger partial charge in [0.1, 0.15) is 6.61 Å². The Morgan fingerprint density at radius 2 is 1.88 bits per heavy atom. The van der Waals surface area contributed by atoms with Gasteiger partial charge in [-0.05, 0) is 43.5 Å². The van der Waals surface area contributed by atoms with E-state index in [1.807, 2.05) is 31.2 Å². The highest BCUT2D eigenvalue weighted by Crippen LogP contribution is 2.49. The Morgan fingerprint density at radius 1 is 1.15 bits per heavy atom. The van der Waals surface area contributed by atoms with E-state index in [1.165, 1.54) is 4.90 Å². The molecule has 0 spiro atoms. The van der Waals surface area contributed by atoms with Crippen LogP contribution in [-0.2, 0) is 20.9 Å². The van der Waals surface area contributed by atoms with Crippen LogP contribution in [-0.4, -0.2) is 39.4 Å². The van der Waals surface area contributed by atoms with E-state index in [0.717, 1.165) is 29.3 Å². The first-order valence-electron chi connectivity index (χ1n) is 11.4. The molecule has 2 fully saturated rings. The summed E-state index contributed by atoms with van der Waals surface area (Å²) in [5.74, 6) is -1.06. The van der Waals surface area contributed by atoms with Gasteiger partial charge in [0, 0.05) is 24.3 Å². The van der Waals surface area contributed by atoms with Crippen LogP contribution in [0.15, 0.2) is 48.5 Å². The molecule has 1 unspecified atom stereocenters. The highest BCUT2D eigenvalue weighted by atomic mass is 35.5. The van der Waals surface area contributed by atoms with Crippen LogP contribution in [0.5, 0.6) is 0 Å². The van der Waals surface area contributed by atoms with Crippen molar-refractivity contribution in [1.29, 1.82) is 0 Å². The van der Waals surface area contributed by atoms with Crippen LogP contribution in [0.1, 0.15) is 47.3 Å². The smallest absolute Gasteiger partial charge is 0.354 e. The summed E-state index contributed by atoms with van der Waals surface area (Å²) < 4.78 is 5.80. The third-order valence-corrected chi connectivity index (χ3v) is 7.53. The molecule has 3 aromatic rings. The Bertz CT molecular complexity index is 1390. The first kappa shape index (κ1) is 21.1. The van der Waals surface area contributed by atoms with Gasteiger partial charge in [0.25, 0.3) is 5.91 Å². The summed E-state index contributed by atoms with van der Waals surface area (Å²) in [7, 11) is 0. The lowest BCUT2D eigenvalue weighted by Crippen LogP contribution is -2.69. The van der Waals surface area contributed by atoms with E-state index in [-0.39, 0.29) is 37.3 Å². The summed E-state index contributed by atoms with van der Waals surface area (Å²) in [5.41, 5.74) is 1.47. The Labute approximate surface area is 201 Å². The molecule has 0 bridgehead atoms. The fourth-order valence-electron chi connectivity index (χ4n) is 5.27. The van der Waals surface area contributed by atoms with Crippen molar-refractivity contribution in [3.05, 3.63) is 70.4 Å². The minimum Gasteiger partial charge on any atom is -0.456 e. The average Bonchev–Trinajstić information content (AvgIpc) is 3.62. The lowest BCUT2D eigenvalue weighted by molar-refractivity contribution is -0.159. The summed E-state index contributed by atoms with van der Waals surface area (Å²) in [6, 6.07) is 14.5. The Morgan fingerprint density at radius 3 is 2.68 bits per heavy atom. The zero-order chi connectivity index (χ0) is 23.6. The number of hydrogen-bond donors (Lipinski definition) is 0. The zero-order valence-electron chi connectivity index (χ0n) is 18.6. The molecule has 172 valence electrons. The largest absolute Gasteiger partial charge is 0.456 e. The fraction of sp³-hybridized carbons (Fsp3) is 0.308. The molecule has 1 saturated carbocycles. The molecule has 3 heterocycles. The Hall–Kier alpha value is -3.45. The molecule has 7 nitrogen and oxygen atoms in total. The fourth-order valence-corrected chi connectivity index (χ4v) is 5.47. The van der Waals surface area contributed by atoms with E-state index in [0.29, 0.717) is 22.0 Å². The second-order valence-corrected chi connectivity index (χ2v) is 9.44. The number of benzene rings is 2. The molecule has 2 aliphatic heterocycles. The van der Waals surface area contributed by atoms with Gasteiger partial charge in [-0.1, -0.05) is 41.9 Å². The number of ether oxygens (including phenoxy) is 1. The standard InChI is InChI=1S/C26H22ClN3O4/c1-15-17-6-2-4-8-19(17)28-20(23(15)27)14-34-25(33)26-13-12-22(31)30(26)21-9-5-3-7-18(21)24(32)29(26)16-10-11-16/h2-9,16H,10-14H2,1H3. The summed E-state index contributed by atoms with van der Waals surface area (Å²) in [4.78, 5) is 48.0. The number of anilines is 1. The first-order valence-corrected chi connectivity index (χ1v) is 11.8. The van der Waals surface area contributed by atoms with Crippen LogP contribution in [0.25, 0.3) is 10.9 Å². The Balaban J connectivity index is 1.39. The second kappa shape index (κ2) is 7.53. The highest BCUT2D eigenvalue weighted by molar-refractivity contribution is 6.32. The van der Waals surface area contributed by atoms with Gasteiger partial charge in [-0.15, -0.1) is 0 Å². The van der Waals surface area contributed by atoms with Crippen LogP contribution in [0, 0.1) is 6.92 Å². The Kier molecular flexibility index (Phi) is 4.68. The number of nitrogens with zero attached hydrogens (tertiary/aromatic N) is 3. The molecule has 0 N–H and O–H groups in total. The van der Waals surface area contributed by atoms with Crippen molar-refractivity contribution in [2.75, 3.05) is 4.90 Å². The predicted molar refractivity (Wildman–Crippen MR) is 126 cm³/mol. The minimum absolute atomic E-state index is 0.0913. The van der Waals surface area contributed by atoms with Gasteiger partial charge in [-0.25, -0.2) is 9.78 Å².